The first-order valence-corrected chi connectivity index (χ1v) is 8.03. The van der Waals surface area contributed by atoms with E-state index in [9.17, 15) is 18.0 Å². The summed E-state index contributed by atoms with van der Waals surface area (Å²) >= 11 is 0. The third-order valence-corrected chi connectivity index (χ3v) is 5.00. The zero-order valence-electron chi connectivity index (χ0n) is 13.2. The number of nitrogens with one attached hydrogen (secondary N) is 2. The number of nitrogens with zero attached hydrogens (tertiary/aromatic N) is 1. The number of carbonyl (C=O) groups is 1. The number of pyridine rings is 1. The molecule has 2 N–H and O–H groups in total. The molecule has 0 saturated heterocycles. The lowest BCUT2D eigenvalue weighted by Gasteiger charge is -2.49. The number of rotatable bonds is 5. The monoisotopic (exact) mass is 343 g/mol. The molecule has 5 nitrogen and oxygen atoms in total. The summed E-state index contributed by atoms with van der Waals surface area (Å²) in [4.78, 5) is 15.8. The van der Waals surface area contributed by atoms with Crippen LogP contribution in [-0.2, 0) is 6.54 Å². The van der Waals surface area contributed by atoms with Gasteiger partial charge in [0.05, 0.1) is 0 Å². The van der Waals surface area contributed by atoms with Crippen molar-refractivity contribution in [2.24, 2.45) is 0 Å². The van der Waals surface area contributed by atoms with Gasteiger partial charge in [0.15, 0.2) is 0 Å². The summed E-state index contributed by atoms with van der Waals surface area (Å²) in [5, 5.41) is 5.67. The van der Waals surface area contributed by atoms with Crippen LogP contribution in [0.3, 0.4) is 0 Å². The number of alkyl halides is 3. The summed E-state index contributed by atoms with van der Waals surface area (Å²) < 4.78 is 42.7. The largest absolute Gasteiger partial charge is 0.417 e. The molecular weight excluding hydrogens is 323 g/mol. The maximum Gasteiger partial charge on any atom is 0.388 e. The summed E-state index contributed by atoms with van der Waals surface area (Å²) in [6.45, 7) is -2.78. The SMILES string of the molecule is O=C(NCc1ccnc(OC(F)F)c1)NC12CCC(F)(CC1)CC2. The average molecular weight is 343 g/mol. The Bertz CT molecular complexity index is 587. The second-order valence-electron chi connectivity index (χ2n) is 6.62. The normalized spacial score (nSPS) is 28.7. The summed E-state index contributed by atoms with van der Waals surface area (Å²) in [5.41, 5.74) is -0.763. The predicted octanol–water partition coefficient (Wildman–Crippen LogP) is 3.30. The van der Waals surface area contributed by atoms with Gasteiger partial charge in [0.2, 0.25) is 5.88 Å². The van der Waals surface area contributed by atoms with Gasteiger partial charge in [-0.15, -0.1) is 0 Å². The van der Waals surface area contributed by atoms with Crippen molar-refractivity contribution in [1.82, 2.24) is 15.6 Å². The van der Waals surface area contributed by atoms with Crippen molar-refractivity contribution in [3.63, 3.8) is 0 Å². The van der Waals surface area contributed by atoms with Crippen molar-refractivity contribution in [3.8, 4) is 5.88 Å². The van der Waals surface area contributed by atoms with Crippen LogP contribution in [0.15, 0.2) is 18.3 Å². The second kappa shape index (κ2) is 6.49. The van der Waals surface area contributed by atoms with E-state index < -0.39 is 12.3 Å². The quantitative estimate of drug-likeness (QED) is 0.862. The summed E-state index contributed by atoms with van der Waals surface area (Å²) in [7, 11) is 0. The lowest BCUT2D eigenvalue weighted by atomic mass is 9.64. The molecule has 3 aliphatic rings. The first-order valence-electron chi connectivity index (χ1n) is 8.03. The molecule has 8 heteroatoms. The molecule has 1 aromatic rings. The number of carbonyl (C=O) groups excluding carboxylic acids is 1. The van der Waals surface area contributed by atoms with Crippen molar-refractivity contribution in [3.05, 3.63) is 23.9 Å². The van der Waals surface area contributed by atoms with E-state index in [0.29, 0.717) is 44.1 Å². The highest BCUT2D eigenvalue weighted by Crippen LogP contribution is 2.48. The van der Waals surface area contributed by atoms with Gasteiger partial charge in [-0.1, -0.05) is 0 Å². The maximum atomic E-state index is 14.1. The smallest absolute Gasteiger partial charge is 0.388 e. The minimum atomic E-state index is -2.94. The summed E-state index contributed by atoms with van der Waals surface area (Å²) in [6.07, 6.45) is 4.77. The molecule has 3 aliphatic carbocycles. The van der Waals surface area contributed by atoms with Gasteiger partial charge in [-0.25, -0.2) is 14.2 Å². The Morgan fingerprint density at radius 2 is 1.92 bits per heavy atom. The average Bonchev–Trinajstić information content (AvgIpc) is 2.54. The van der Waals surface area contributed by atoms with Crippen LogP contribution < -0.4 is 15.4 Å². The topological polar surface area (TPSA) is 63.2 Å². The van der Waals surface area contributed by atoms with Gasteiger partial charge in [-0.05, 0) is 50.2 Å². The summed E-state index contributed by atoms with van der Waals surface area (Å²) in [6, 6.07) is 2.62. The van der Waals surface area contributed by atoms with Gasteiger partial charge in [0.1, 0.15) is 5.67 Å². The number of ether oxygens (including phenoxy) is 1. The van der Waals surface area contributed by atoms with Crippen LogP contribution in [0, 0.1) is 0 Å². The lowest BCUT2D eigenvalue weighted by molar-refractivity contribution is -0.0529. The second-order valence-corrected chi connectivity index (χ2v) is 6.62. The van der Waals surface area contributed by atoms with Gasteiger partial charge in [-0.2, -0.15) is 8.78 Å². The zero-order chi connectivity index (χ0) is 17.2. The Morgan fingerprint density at radius 1 is 1.25 bits per heavy atom. The minimum Gasteiger partial charge on any atom is -0.417 e. The predicted molar refractivity (Wildman–Crippen MR) is 80.5 cm³/mol. The van der Waals surface area contributed by atoms with Crippen LogP contribution in [0.4, 0.5) is 18.0 Å². The highest BCUT2D eigenvalue weighted by atomic mass is 19.3. The number of aromatic nitrogens is 1. The molecule has 0 radical (unpaired) electrons. The van der Waals surface area contributed by atoms with Crippen molar-refractivity contribution >= 4 is 6.03 Å². The van der Waals surface area contributed by atoms with Crippen LogP contribution in [0.1, 0.15) is 44.1 Å². The number of halogens is 3. The molecule has 3 fully saturated rings. The van der Waals surface area contributed by atoms with Crippen LogP contribution in [0.5, 0.6) is 5.88 Å². The Hall–Kier alpha value is -1.99. The number of urea groups is 1. The van der Waals surface area contributed by atoms with E-state index >= 15 is 0 Å². The number of hydrogen-bond acceptors (Lipinski definition) is 3. The molecule has 1 aromatic heterocycles. The minimum absolute atomic E-state index is 0.164. The van der Waals surface area contributed by atoms with E-state index in [0.717, 1.165) is 0 Å². The maximum absolute atomic E-state index is 14.1. The van der Waals surface area contributed by atoms with E-state index in [4.69, 9.17) is 0 Å². The number of hydrogen-bond donors (Lipinski definition) is 2. The molecule has 3 saturated carbocycles. The molecule has 1 heterocycles. The van der Waals surface area contributed by atoms with Crippen LogP contribution >= 0.6 is 0 Å². The van der Waals surface area contributed by atoms with Crippen LogP contribution in [-0.4, -0.2) is 28.8 Å². The Kier molecular flexibility index (Phi) is 4.56. The third-order valence-electron chi connectivity index (χ3n) is 5.00. The first kappa shape index (κ1) is 16.9. The fraction of sp³-hybridized carbons (Fsp3) is 0.625. The Morgan fingerprint density at radius 3 is 2.54 bits per heavy atom. The van der Waals surface area contributed by atoms with Gasteiger partial charge >= 0.3 is 12.6 Å². The van der Waals surface area contributed by atoms with Crippen molar-refractivity contribution < 1.29 is 22.7 Å². The molecular formula is C16H20F3N3O2. The molecule has 0 aliphatic heterocycles. The molecule has 4 rings (SSSR count). The highest BCUT2D eigenvalue weighted by molar-refractivity contribution is 5.74. The van der Waals surface area contributed by atoms with Crippen molar-refractivity contribution in [2.45, 2.75) is 62.9 Å². The molecule has 2 bridgehead atoms. The van der Waals surface area contributed by atoms with Gasteiger partial charge in [0.25, 0.3) is 0 Å². The van der Waals surface area contributed by atoms with Crippen molar-refractivity contribution in [2.75, 3.05) is 0 Å². The molecule has 0 aromatic carbocycles. The van der Waals surface area contributed by atoms with Gasteiger partial charge in [-0.3, -0.25) is 0 Å². The van der Waals surface area contributed by atoms with E-state index in [1.165, 1.54) is 12.3 Å². The summed E-state index contributed by atoms with van der Waals surface area (Å²) in [5.74, 6) is -0.192. The first-order chi connectivity index (χ1) is 11.4. The highest BCUT2D eigenvalue weighted by Gasteiger charge is 2.49. The Balaban J connectivity index is 1.51. The Labute approximate surface area is 138 Å². The van der Waals surface area contributed by atoms with E-state index in [-0.39, 0.29) is 24.0 Å². The molecule has 0 unspecified atom stereocenters. The molecule has 0 atom stereocenters. The molecule has 2 amide bonds. The van der Waals surface area contributed by atoms with Gasteiger partial charge in [0, 0.05) is 24.3 Å². The fourth-order valence-electron chi connectivity index (χ4n) is 3.51. The van der Waals surface area contributed by atoms with E-state index in [1.807, 2.05) is 0 Å². The molecule has 132 valence electrons. The lowest BCUT2D eigenvalue weighted by Crippen LogP contribution is -2.59. The van der Waals surface area contributed by atoms with Crippen molar-refractivity contribution in [1.29, 1.82) is 0 Å². The third kappa shape index (κ3) is 3.91. The fourth-order valence-corrected chi connectivity index (χ4v) is 3.51. The van der Waals surface area contributed by atoms with Crippen LogP contribution in [0.25, 0.3) is 0 Å². The number of fused-ring (bicyclic) bond motifs is 3. The van der Waals surface area contributed by atoms with E-state index in [1.54, 1.807) is 6.07 Å². The molecule has 24 heavy (non-hydrogen) atoms. The number of amides is 2. The molecule has 0 spiro atoms. The van der Waals surface area contributed by atoms with E-state index in [2.05, 4.69) is 20.4 Å². The van der Waals surface area contributed by atoms with Crippen LogP contribution in [0.2, 0.25) is 0 Å². The zero-order valence-corrected chi connectivity index (χ0v) is 13.2. The van der Waals surface area contributed by atoms with Gasteiger partial charge < -0.3 is 15.4 Å². The standard InChI is InChI=1S/C16H20F3N3O2/c17-13(18)24-12-9-11(1-8-20-12)10-21-14(23)22-16-5-2-15(19,3-6-16)4-7-16/h1,8-9,13H,2-7,10H2,(H2,21,22,23).